The molecule has 0 amide bonds. The zero-order chi connectivity index (χ0) is 11.5. The number of aliphatic hydroxyl groups excluding tert-OH is 1. The highest BCUT2D eigenvalue weighted by atomic mass is 16.5. The zero-order valence-corrected chi connectivity index (χ0v) is 9.19. The Morgan fingerprint density at radius 2 is 2.38 bits per heavy atom. The zero-order valence-electron chi connectivity index (χ0n) is 9.19. The molecule has 0 bridgehead atoms. The number of hydrogen-bond donors (Lipinski definition) is 2. The molecule has 1 heterocycles. The highest BCUT2D eigenvalue weighted by Gasteiger charge is 2.24. The van der Waals surface area contributed by atoms with Gasteiger partial charge < -0.3 is 15.2 Å². The summed E-state index contributed by atoms with van der Waals surface area (Å²) in [6, 6.07) is 5.62. The van der Waals surface area contributed by atoms with Gasteiger partial charge in [0.05, 0.1) is 6.61 Å². The van der Waals surface area contributed by atoms with Gasteiger partial charge in [0.15, 0.2) is 6.10 Å². The molecule has 0 saturated heterocycles. The molecular weight excluding hydrogens is 206 g/mol. The van der Waals surface area contributed by atoms with Crippen molar-refractivity contribution in [2.45, 2.75) is 26.1 Å². The first-order valence-electron chi connectivity index (χ1n) is 5.40. The lowest BCUT2D eigenvalue weighted by molar-refractivity contribution is -0.153. The first-order valence-corrected chi connectivity index (χ1v) is 5.40. The minimum Gasteiger partial charge on any atom is -0.464 e. The predicted molar refractivity (Wildman–Crippen MR) is 58.6 cm³/mol. The SMILES string of the molecule is CCOC(=O)C(O)c1cccc2c1CNC2. The molecule has 1 aliphatic rings. The maximum Gasteiger partial charge on any atom is 0.339 e. The molecule has 86 valence electrons. The summed E-state index contributed by atoms with van der Waals surface area (Å²) in [4.78, 5) is 11.5. The number of carbonyl (C=O) groups is 1. The Morgan fingerprint density at radius 3 is 3.12 bits per heavy atom. The molecule has 2 N–H and O–H groups in total. The highest BCUT2D eigenvalue weighted by Crippen LogP contribution is 2.25. The first kappa shape index (κ1) is 11.1. The normalized spacial score (nSPS) is 15.6. The van der Waals surface area contributed by atoms with E-state index in [0.717, 1.165) is 17.7 Å². The summed E-state index contributed by atoms with van der Waals surface area (Å²) in [6.45, 7) is 3.49. The van der Waals surface area contributed by atoms with Crippen molar-refractivity contribution in [2.75, 3.05) is 6.61 Å². The number of benzene rings is 1. The fourth-order valence-electron chi connectivity index (χ4n) is 1.96. The third-order valence-corrected chi connectivity index (χ3v) is 2.73. The van der Waals surface area contributed by atoms with Gasteiger partial charge in [0, 0.05) is 13.1 Å². The van der Waals surface area contributed by atoms with Crippen molar-refractivity contribution in [1.29, 1.82) is 0 Å². The van der Waals surface area contributed by atoms with Crippen molar-refractivity contribution >= 4 is 5.97 Å². The Morgan fingerprint density at radius 1 is 1.56 bits per heavy atom. The topological polar surface area (TPSA) is 58.6 Å². The van der Waals surface area contributed by atoms with E-state index in [9.17, 15) is 9.90 Å². The van der Waals surface area contributed by atoms with Gasteiger partial charge in [0.2, 0.25) is 0 Å². The number of fused-ring (bicyclic) bond motifs is 1. The van der Waals surface area contributed by atoms with Gasteiger partial charge in [0.25, 0.3) is 0 Å². The molecule has 1 unspecified atom stereocenters. The van der Waals surface area contributed by atoms with Crippen molar-refractivity contribution in [2.24, 2.45) is 0 Å². The number of ether oxygens (including phenoxy) is 1. The van der Waals surface area contributed by atoms with Gasteiger partial charge >= 0.3 is 5.97 Å². The van der Waals surface area contributed by atoms with Crippen LogP contribution in [-0.4, -0.2) is 17.7 Å². The summed E-state index contributed by atoms with van der Waals surface area (Å²) in [5.74, 6) is -0.581. The van der Waals surface area contributed by atoms with E-state index in [4.69, 9.17) is 4.74 Å². The van der Waals surface area contributed by atoms with Crippen LogP contribution >= 0.6 is 0 Å². The lowest BCUT2D eigenvalue weighted by Crippen LogP contribution is -2.17. The molecule has 2 rings (SSSR count). The molecule has 4 nitrogen and oxygen atoms in total. The summed E-state index contributed by atoms with van der Waals surface area (Å²) in [6.07, 6.45) is -1.17. The minimum atomic E-state index is -1.17. The van der Waals surface area contributed by atoms with E-state index in [1.165, 1.54) is 0 Å². The van der Waals surface area contributed by atoms with Crippen LogP contribution in [0.2, 0.25) is 0 Å². The van der Waals surface area contributed by atoms with Gasteiger partial charge in [-0.25, -0.2) is 4.79 Å². The van der Waals surface area contributed by atoms with Crippen LogP contribution in [0.3, 0.4) is 0 Å². The van der Waals surface area contributed by atoms with Crippen LogP contribution in [0.1, 0.15) is 29.7 Å². The number of esters is 1. The van der Waals surface area contributed by atoms with Crippen molar-refractivity contribution in [3.63, 3.8) is 0 Å². The summed E-state index contributed by atoms with van der Waals surface area (Å²) in [7, 11) is 0. The number of nitrogens with one attached hydrogen (secondary N) is 1. The van der Waals surface area contributed by atoms with E-state index in [1.54, 1.807) is 13.0 Å². The second-order valence-corrected chi connectivity index (χ2v) is 3.74. The van der Waals surface area contributed by atoms with E-state index >= 15 is 0 Å². The highest BCUT2D eigenvalue weighted by molar-refractivity contribution is 5.77. The fraction of sp³-hybridized carbons (Fsp3) is 0.417. The Kier molecular flexibility index (Phi) is 3.22. The molecule has 0 aromatic heterocycles. The molecule has 0 saturated carbocycles. The number of rotatable bonds is 3. The molecule has 1 aromatic rings. The molecule has 4 heteroatoms. The van der Waals surface area contributed by atoms with E-state index < -0.39 is 12.1 Å². The lowest BCUT2D eigenvalue weighted by atomic mass is 9.99. The van der Waals surface area contributed by atoms with E-state index in [2.05, 4.69) is 5.32 Å². The number of aliphatic hydroxyl groups is 1. The summed E-state index contributed by atoms with van der Waals surface area (Å²) < 4.78 is 4.81. The van der Waals surface area contributed by atoms with Crippen LogP contribution in [-0.2, 0) is 22.6 Å². The minimum absolute atomic E-state index is 0.281. The molecule has 1 atom stereocenters. The quantitative estimate of drug-likeness (QED) is 0.744. The molecule has 0 fully saturated rings. The van der Waals surface area contributed by atoms with E-state index in [0.29, 0.717) is 12.1 Å². The summed E-state index contributed by atoms with van der Waals surface area (Å²) >= 11 is 0. The molecule has 1 aliphatic heterocycles. The third-order valence-electron chi connectivity index (χ3n) is 2.73. The maximum absolute atomic E-state index is 11.5. The van der Waals surface area contributed by atoms with Gasteiger partial charge in [-0.1, -0.05) is 18.2 Å². The maximum atomic E-state index is 11.5. The van der Waals surface area contributed by atoms with Crippen molar-refractivity contribution in [3.8, 4) is 0 Å². The third kappa shape index (κ3) is 1.94. The van der Waals surface area contributed by atoms with Crippen LogP contribution in [0, 0.1) is 0 Å². The predicted octanol–water partition coefficient (Wildman–Crippen LogP) is 0.886. The molecule has 0 aliphatic carbocycles. The van der Waals surface area contributed by atoms with Crippen molar-refractivity contribution in [3.05, 3.63) is 34.9 Å². The number of carbonyl (C=O) groups excluding carboxylic acids is 1. The second kappa shape index (κ2) is 4.63. The Labute approximate surface area is 94.2 Å². The fourth-order valence-corrected chi connectivity index (χ4v) is 1.96. The lowest BCUT2D eigenvalue weighted by Gasteiger charge is -2.13. The molecule has 0 radical (unpaired) electrons. The van der Waals surface area contributed by atoms with Crippen LogP contribution in [0.15, 0.2) is 18.2 Å². The Bertz CT molecular complexity index is 403. The average molecular weight is 221 g/mol. The summed E-state index contributed by atoms with van der Waals surface area (Å²) in [5, 5.41) is 13.1. The molecule has 1 aromatic carbocycles. The van der Waals surface area contributed by atoms with Gasteiger partial charge in [0.1, 0.15) is 0 Å². The monoisotopic (exact) mass is 221 g/mol. The van der Waals surface area contributed by atoms with Crippen LogP contribution in [0.5, 0.6) is 0 Å². The molecular formula is C12H15NO3. The van der Waals surface area contributed by atoms with Gasteiger partial charge in [-0.2, -0.15) is 0 Å². The van der Waals surface area contributed by atoms with Gasteiger partial charge in [-0.3, -0.25) is 0 Å². The van der Waals surface area contributed by atoms with Gasteiger partial charge in [-0.15, -0.1) is 0 Å². The van der Waals surface area contributed by atoms with Crippen LogP contribution < -0.4 is 5.32 Å². The second-order valence-electron chi connectivity index (χ2n) is 3.74. The van der Waals surface area contributed by atoms with Gasteiger partial charge in [-0.05, 0) is 23.6 Å². The Balaban J connectivity index is 2.27. The first-order chi connectivity index (χ1) is 7.74. The Hall–Kier alpha value is -1.39. The molecule has 16 heavy (non-hydrogen) atoms. The molecule has 0 spiro atoms. The van der Waals surface area contributed by atoms with Crippen molar-refractivity contribution in [1.82, 2.24) is 5.32 Å². The van der Waals surface area contributed by atoms with Crippen molar-refractivity contribution < 1.29 is 14.6 Å². The summed E-state index contributed by atoms with van der Waals surface area (Å²) in [5.41, 5.74) is 2.81. The number of hydrogen-bond acceptors (Lipinski definition) is 4. The van der Waals surface area contributed by atoms with E-state index in [-0.39, 0.29) is 6.61 Å². The average Bonchev–Trinajstić information content (AvgIpc) is 2.76. The van der Waals surface area contributed by atoms with E-state index in [1.807, 2.05) is 12.1 Å². The largest absolute Gasteiger partial charge is 0.464 e. The standard InChI is InChI=1S/C12H15NO3/c1-2-16-12(15)11(14)9-5-3-4-8-6-13-7-10(8)9/h3-5,11,13-14H,2,6-7H2,1H3. The van der Waals surface area contributed by atoms with Crippen LogP contribution in [0.25, 0.3) is 0 Å². The van der Waals surface area contributed by atoms with Crippen LogP contribution in [0.4, 0.5) is 0 Å². The smallest absolute Gasteiger partial charge is 0.339 e.